The van der Waals surface area contributed by atoms with E-state index in [-0.39, 0.29) is 11.9 Å². The average molecular weight is 202 g/mol. The third-order valence-electron chi connectivity index (χ3n) is 2.41. The van der Waals surface area contributed by atoms with Crippen LogP contribution in [0.5, 0.6) is 11.6 Å². The highest BCUT2D eigenvalue weighted by Crippen LogP contribution is 2.31. The molecule has 0 unspecified atom stereocenters. The Balaban J connectivity index is 2.16. The van der Waals surface area contributed by atoms with Gasteiger partial charge in [-0.05, 0) is 25.0 Å². The van der Waals surface area contributed by atoms with Crippen molar-refractivity contribution in [2.24, 2.45) is 0 Å². The van der Waals surface area contributed by atoms with Crippen LogP contribution in [0.25, 0.3) is 10.9 Å². The summed E-state index contributed by atoms with van der Waals surface area (Å²) in [5.74, 6) is 0.731. The number of hydrogen-bond acceptors (Lipinski definition) is 4. The molecule has 0 aromatic carbocycles. The molecular formula is C11H10N2O2. The van der Waals surface area contributed by atoms with Gasteiger partial charge in [0.1, 0.15) is 17.4 Å². The number of fused-ring (bicyclic) bond motifs is 1. The Bertz CT molecular complexity index is 509. The first kappa shape index (κ1) is 8.47. The van der Waals surface area contributed by atoms with E-state index in [1.165, 1.54) is 0 Å². The van der Waals surface area contributed by atoms with Crippen LogP contribution in [0.1, 0.15) is 12.8 Å². The minimum atomic E-state index is 0.211. The SMILES string of the molecule is Oc1ccnc2c(OC3CC3)nccc12. The quantitative estimate of drug-likeness (QED) is 0.807. The van der Waals surface area contributed by atoms with E-state index < -0.39 is 0 Å². The molecule has 2 heterocycles. The van der Waals surface area contributed by atoms with Gasteiger partial charge in [0.25, 0.3) is 0 Å². The van der Waals surface area contributed by atoms with Crippen molar-refractivity contribution in [2.75, 3.05) is 0 Å². The van der Waals surface area contributed by atoms with E-state index in [1.807, 2.05) is 0 Å². The van der Waals surface area contributed by atoms with Gasteiger partial charge in [-0.25, -0.2) is 4.98 Å². The normalized spacial score (nSPS) is 15.5. The van der Waals surface area contributed by atoms with Crippen LogP contribution in [-0.2, 0) is 0 Å². The molecule has 3 rings (SSSR count). The number of rotatable bonds is 2. The molecule has 4 nitrogen and oxygen atoms in total. The third-order valence-corrected chi connectivity index (χ3v) is 2.41. The second-order valence-corrected chi connectivity index (χ2v) is 3.66. The van der Waals surface area contributed by atoms with Gasteiger partial charge in [-0.15, -0.1) is 0 Å². The zero-order chi connectivity index (χ0) is 10.3. The maximum absolute atomic E-state index is 9.62. The Labute approximate surface area is 86.5 Å². The molecule has 4 heteroatoms. The monoisotopic (exact) mass is 202 g/mol. The smallest absolute Gasteiger partial charge is 0.240 e. The lowest BCUT2D eigenvalue weighted by Crippen LogP contribution is -1.99. The van der Waals surface area contributed by atoms with E-state index in [9.17, 15) is 5.11 Å². The van der Waals surface area contributed by atoms with Gasteiger partial charge in [-0.1, -0.05) is 0 Å². The van der Waals surface area contributed by atoms with E-state index in [4.69, 9.17) is 4.74 Å². The molecule has 0 spiro atoms. The molecule has 0 saturated heterocycles. The van der Waals surface area contributed by atoms with Crippen molar-refractivity contribution in [1.82, 2.24) is 9.97 Å². The zero-order valence-corrected chi connectivity index (χ0v) is 8.05. The van der Waals surface area contributed by atoms with Crippen LogP contribution in [-0.4, -0.2) is 21.2 Å². The number of ether oxygens (including phenoxy) is 1. The molecule has 1 fully saturated rings. The Kier molecular flexibility index (Phi) is 1.74. The van der Waals surface area contributed by atoms with Gasteiger partial charge < -0.3 is 9.84 Å². The zero-order valence-electron chi connectivity index (χ0n) is 8.05. The van der Waals surface area contributed by atoms with E-state index in [1.54, 1.807) is 24.5 Å². The summed E-state index contributed by atoms with van der Waals surface area (Å²) in [5.41, 5.74) is 0.629. The van der Waals surface area contributed by atoms with Gasteiger partial charge in [0.05, 0.1) is 0 Å². The fourth-order valence-electron chi connectivity index (χ4n) is 1.47. The lowest BCUT2D eigenvalue weighted by molar-refractivity contribution is 0.294. The molecule has 1 aliphatic carbocycles. The van der Waals surface area contributed by atoms with Gasteiger partial charge in [-0.2, -0.15) is 0 Å². The molecular weight excluding hydrogens is 192 g/mol. The minimum Gasteiger partial charge on any atom is -0.507 e. The molecule has 2 aromatic heterocycles. The van der Waals surface area contributed by atoms with E-state index in [0.29, 0.717) is 16.8 Å². The van der Waals surface area contributed by atoms with Gasteiger partial charge in [0, 0.05) is 17.8 Å². The summed E-state index contributed by atoms with van der Waals surface area (Å²) in [6.45, 7) is 0. The summed E-state index contributed by atoms with van der Waals surface area (Å²) in [6.07, 6.45) is 5.63. The first-order chi connectivity index (χ1) is 7.34. The second-order valence-electron chi connectivity index (χ2n) is 3.66. The largest absolute Gasteiger partial charge is 0.507 e. The lowest BCUT2D eigenvalue weighted by Gasteiger charge is -2.06. The molecule has 1 saturated carbocycles. The van der Waals surface area contributed by atoms with Crippen LogP contribution in [0.4, 0.5) is 0 Å². The van der Waals surface area contributed by atoms with Crippen LogP contribution in [0.3, 0.4) is 0 Å². The topological polar surface area (TPSA) is 55.2 Å². The number of aromatic hydroxyl groups is 1. The Morgan fingerprint density at radius 2 is 2.00 bits per heavy atom. The molecule has 0 atom stereocenters. The van der Waals surface area contributed by atoms with Gasteiger partial charge in [-0.3, -0.25) is 4.98 Å². The van der Waals surface area contributed by atoms with Gasteiger partial charge in [0.15, 0.2) is 0 Å². The van der Waals surface area contributed by atoms with Crippen LogP contribution < -0.4 is 4.74 Å². The van der Waals surface area contributed by atoms with Crippen molar-refractivity contribution in [2.45, 2.75) is 18.9 Å². The van der Waals surface area contributed by atoms with E-state index in [0.717, 1.165) is 12.8 Å². The highest BCUT2D eigenvalue weighted by molar-refractivity contribution is 5.87. The van der Waals surface area contributed by atoms with Crippen molar-refractivity contribution < 1.29 is 9.84 Å². The maximum atomic E-state index is 9.62. The van der Waals surface area contributed by atoms with Crippen LogP contribution in [0, 0.1) is 0 Å². The summed E-state index contributed by atoms with van der Waals surface area (Å²) in [4.78, 5) is 8.31. The highest BCUT2D eigenvalue weighted by atomic mass is 16.5. The fraction of sp³-hybridized carbons (Fsp3) is 0.273. The number of nitrogens with zero attached hydrogens (tertiary/aromatic N) is 2. The summed E-state index contributed by atoms with van der Waals surface area (Å²) in [7, 11) is 0. The summed E-state index contributed by atoms with van der Waals surface area (Å²) >= 11 is 0. The summed E-state index contributed by atoms with van der Waals surface area (Å²) < 4.78 is 5.61. The van der Waals surface area contributed by atoms with Crippen LogP contribution >= 0.6 is 0 Å². The van der Waals surface area contributed by atoms with Crippen molar-refractivity contribution in [1.29, 1.82) is 0 Å². The number of aromatic nitrogens is 2. The maximum Gasteiger partial charge on any atom is 0.240 e. The molecule has 0 bridgehead atoms. The lowest BCUT2D eigenvalue weighted by atomic mass is 10.2. The molecule has 76 valence electrons. The van der Waals surface area contributed by atoms with Crippen molar-refractivity contribution >= 4 is 10.9 Å². The molecule has 2 aromatic rings. The van der Waals surface area contributed by atoms with Gasteiger partial charge in [0.2, 0.25) is 5.88 Å². The number of hydrogen-bond donors (Lipinski definition) is 1. The first-order valence-electron chi connectivity index (χ1n) is 4.94. The predicted molar refractivity (Wildman–Crippen MR) is 54.9 cm³/mol. The molecule has 0 radical (unpaired) electrons. The third kappa shape index (κ3) is 1.48. The second kappa shape index (κ2) is 3.08. The van der Waals surface area contributed by atoms with E-state index >= 15 is 0 Å². The standard InChI is InChI=1S/C11H10N2O2/c14-9-4-6-12-10-8(9)3-5-13-11(10)15-7-1-2-7/h3-7H,1-2H2,(H,12,14). The Morgan fingerprint density at radius 1 is 1.20 bits per heavy atom. The molecule has 1 aliphatic rings. The Hall–Kier alpha value is -1.84. The molecule has 15 heavy (non-hydrogen) atoms. The van der Waals surface area contributed by atoms with Crippen LogP contribution in [0.2, 0.25) is 0 Å². The number of pyridine rings is 2. The molecule has 0 amide bonds. The van der Waals surface area contributed by atoms with Gasteiger partial charge >= 0.3 is 0 Å². The highest BCUT2D eigenvalue weighted by Gasteiger charge is 2.25. The van der Waals surface area contributed by atoms with Crippen molar-refractivity contribution in [3.05, 3.63) is 24.5 Å². The van der Waals surface area contributed by atoms with E-state index in [2.05, 4.69) is 9.97 Å². The minimum absolute atomic E-state index is 0.211. The molecule has 1 N–H and O–H groups in total. The van der Waals surface area contributed by atoms with Crippen molar-refractivity contribution in [3.8, 4) is 11.6 Å². The summed E-state index contributed by atoms with van der Waals surface area (Å²) in [6, 6.07) is 3.29. The summed E-state index contributed by atoms with van der Waals surface area (Å²) in [5, 5.41) is 10.3. The average Bonchev–Trinajstić information content (AvgIpc) is 3.04. The predicted octanol–water partition coefficient (Wildman–Crippen LogP) is 1.88. The fourth-order valence-corrected chi connectivity index (χ4v) is 1.47. The Morgan fingerprint density at radius 3 is 2.80 bits per heavy atom. The first-order valence-corrected chi connectivity index (χ1v) is 4.94. The van der Waals surface area contributed by atoms with Crippen LogP contribution in [0.15, 0.2) is 24.5 Å². The van der Waals surface area contributed by atoms with Crippen molar-refractivity contribution in [3.63, 3.8) is 0 Å². The molecule has 0 aliphatic heterocycles.